The topological polar surface area (TPSA) is 110 Å². The van der Waals surface area contributed by atoms with Crippen LogP contribution in [-0.2, 0) is 21.2 Å². The van der Waals surface area contributed by atoms with E-state index < -0.39 is 10.0 Å². The fraction of sp³-hybridized carbons (Fsp3) is 0.211. The smallest absolute Gasteiger partial charge is 0.240 e. The largest absolute Gasteiger partial charge is 0.497 e. The number of ether oxygens (including phenoxy) is 1. The third-order valence-corrected chi connectivity index (χ3v) is 6.56. The molecule has 11 heteroatoms. The maximum Gasteiger partial charge on any atom is 0.240 e. The minimum Gasteiger partial charge on any atom is -0.497 e. The maximum absolute atomic E-state index is 12.3. The number of carbonyl (C=O) groups is 1. The maximum atomic E-state index is 12.3. The van der Waals surface area contributed by atoms with E-state index >= 15 is 0 Å². The van der Waals surface area contributed by atoms with E-state index in [4.69, 9.17) is 16.3 Å². The molecule has 0 saturated carbocycles. The van der Waals surface area contributed by atoms with E-state index in [9.17, 15) is 13.2 Å². The Morgan fingerprint density at radius 2 is 1.80 bits per heavy atom. The lowest BCUT2D eigenvalue weighted by molar-refractivity contribution is -0.116. The molecule has 3 rings (SSSR count). The van der Waals surface area contributed by atoms with Gasteiger partial charge in [0.2, 0.25) is 21.1 Å². The van der Waals surface area contributed by atoms with E-state index in [0.717, 1.165) is 10.6 Å². The molecule has 0 unspecified atom stereocenters. The van der Waals surface area contributed by atoms with Gasteiger partial charge in [0.1, 0.15) is 10.8 Å². The number of hydrogen-bond acceptors (Lipinski definition) is 7. The lowest BCUT2D eigenvalue weighted by Gasteiger charge is -2.07. The number of halogens is 1. The first kappa shape index (κ1) is 22.2. The molecule has 2 aromatic carbocycles. The molecule has 0 bridgehead atoms. The van der Waals surface area contributed by atoms with Crippen LogP contribution in [0.5, 0.6) is 5.75 Å². The van der Waals surface area contributed by atoms with Crippen molar-refractivity contribution in [3.8, 4) is 5.75 Å². The number of anilines is 1. The number of amides is 1. The summed E-state index contributed by atoms with van der Waals surface area (Å²) in [6.07, 6.45) is 0.536. The summed E-state index contributed by atoms with van der Waals surface area (Å²) in [4.78, 5) is 12.2. The molecule has 0 fully saturated rings. The van der Waals surface area contributed by atoms with Gasteiger partial charge in [-0.3, -0.25) is 4.79 Å². The van der Waals surface area contributed by atoms with Gasteiger partial charge in [0.05, 0.1) is 12.0 Å². The van der Waals surface area contributed by atoms with Gasteiger partial charge in [0.25, 0.3) is 0 Å². The molecular formula is C19H19ClN4O4S2. The zero-order valence-electron chi connectivity index (χ0n) is 16.0. The van der Waals surface area contributed by atoms with E-state index in [1.165, 1.54) is 30.6 Å². The molecule has 158 valence electrons. The Labute approximate surface area is 183 Å². The van der Waals surface area contributed by atoms with E-state index in [2.05, 4.69) is 20.2 Å². The van der Waals surface area contributed by atoms with Crippen LogP contribution in [0.25, 0.3) is 0 Å². The van der Waals surface area contributed by atoms with E-state index in [0.29, 0.717) is 22.3 Å². The third kappa shape index (κ3) is 6.23. The van der Waals surface area contributed by atoms with Crippen LogP contribution >= 0.6 is 22.9 Å². The average molecular weight is 467 g/mol. The predicted molar refractivity (Wildman–Crippen MR) is 116 cm³/mol. The molecule has 0 aliphatic carbocycles. The first-order valence-electron chi connectivity index (χ1n) is 8.86. The number of sulfonamides is 1. The Morgan fingerprint density at radius 3 is 2.47 bits per heavy atom. The zero-order valence-corrected chi connectivity index (χ0v) is 18.4. The first-order valence-corrected chi connectivity index (χ1v) is 11.5. The summed E-state index contributed by atoms with van der Waals surface area (Å²) in [6.45, 7) is -0.0450. The molecule has 8 nitrogen and oxygen atoms in total. The Morgan fingerprint density at radius 1 is 1.10 bits per heavy atom. The number of rotatable bonds is 9. The fourth-order valence-corrected chi connectivity index (χ4v) is 4.42. The number of nitrogens with zero attached hydrogens (tertiary/aromatic N) is 2. The molecule has 0 atom stereocenters. The molecular weight excluding hydrogens is 448 g/mol. The average Bonchev–Trinajstić information content (AvgIpc) is 3.16. The Bertz CT molecular complexity index is 1100. The molecule has 1 amide bonds. The molecule has 0 spiro atoms. The van der Waals surface area contributed by atoms with Gasteiger partial charge in [-0.05, 0) is 42.0 Å². The van der Waals surface area contributed by atoms with Crippen LogP contribution in [0, 0.1) is 0 Å². The third-order valence-electron chi connectivity index (χ3n) is 4.00. The van der Waals surface area contributed by atoms with Crippen LogP contribution in [-0.4, -0.2) is 38.2 Å². The number of hydrogen-bond donors (Lipinski definition) is 2. The monoisotopic (exact) mass is 466 g/mol. The number of carbonyl (C=O) groups excluding carboxylic acids is 1. The van der Waals surface area contributed by atoms with Crippen molar-refractivity contribution >= 4 is 44.0 Å². The van der Waals surface area contributed by atoms with Crippen molar-refractivity contribution in [1.82, 2.24) is 14.9 Å². The van der Waals surface area contributed by atoms with Crippen LogP contribution < -0.4 is 14.8 Å². The summed E-state index contributed by atoms with van der Waals surface area (Å²) in [5.74, 6) is 0.197. The van der Waals surface area contributed by atoms with Crippen LogP contribution in [0.4, 0.5) is 5.13 Å². The summed E-state index contributed by atoms with van der Waals surface area (Å²) < 4.78 is 31.9. The summed E-state index contributed by atoms with van der Waals surface area (Å²) in [6, 6.07) is 13.4. The molecule has 1 heterocycles. The number of aromatic nitrogens is 2. The Kier molecular flexibility index (Phi) is 7.38. The highest BCUT2D eigenvalue weighted by Crippen LogP contribution is 2.20. The molecule has 2 N–H and O–H groups in total. The minimum absolute atomic E-state index is 0.0402. The summed E-state index contributed by atoms with van der Waals surface area (Å²) in [5.41, 5.74) is 1.03. The summed E-state index contributed by atoms with van der Waals surface area (Å²) >= 11 is 7.13. The number of benzene rings is 2. The van der Waals surface area contributed by atoms with Gasteiger partial charge in [-0.2, -0.15) is 0 Å². The van der Waals surface area contributed by atoms with Crippen LogP contribution in [0.3, 0.4) is 0 Å². The predicted octanol–water partition coefficient (Wildman–Crippen LogP) is 3.10. The molecule has 0 aliphatic rings. The van der Waals surface area contributed by atoms with Gasteiger partial charge in [-0.1, -0.05) is 35.1 Å². The van der Waals surface area contributed by atoms with Crippen molar-refractivity contribution in [1.29, 1.82) is 0 Å². The SMILES string of the molecule is COc1ccc(S(=O)(=O)NCCC(=O)Nc2nnc(Cc3ccc(Cl)cc3)s2)cc1. The molecule has 0 aliphatic heterocycles. The summed E-state index contributed by atoms with van der Waals surface area (Å²) in [7, 11) is -2.21. The molecule has 1 aromatic heterocycles. The first-order chi connectivity index (χ1) is 14.4. The van der Waals surface area contributed by atoms with E-state index in [1.54, 1.807) is 24.3 Å². The normalized spacial score (nSPS) is 11.3. The van der Waals surface area contributed by atoms with E-state index in [-0.39, 0.29) is 23.8 Å². The number of methoxy groups -OCH3 is 1. The molecule has 0 radical (unpaired) electrons. The van der Waals surface area contributed by atoms with Gasteiger partial charge in [-0.15, -0.1) is 10.2 Å². The quantitative estimate of drug-likeness (QED) is 0.501. The van der Waals surface area contributed by atoms with Gasteiger partial charge in [0.15, 0.2) is 0 Å². The second-order valence-corrected chi connectivity index (χ2v) is 9.44. The highest BCUT2D eigenvalue weighted by Gasteiger charge is 2.15. The lowest BCUT2D eigenvalue weighted by atomic mass is 10.2. The van der Waals surface area contributed by atoms with Crippen LogP contribution in [0.15, 0.2) is 53.4 Å². The van der Waals surface area contributed by atoms with Crippen molar-refractivity contribution < 1.29 is 17.9 Å². The zero-order chi connectivity index (χ0) is 21.6. The van der Waals surface area contributed by atoms with Crippen molar-refractivity contribution in [2.75, 3.05) is 19.0 Å². The van der Waals surface area contributed by atoms with E-state index in [1.807, 2.05) is 12.1 Å². The van der Waals surface area contributed by atoms with Crippen molar-refractivity contribution in [3.05, 3.63) is 64.1 Å². The Hall–Kier alpha value is -2.53. The lowest BCUT2D eigenvalue weighted by Crippen LogP contribution is -2.27. The molecule has 0 saturated heterocycles. The summed E-state index contributed by atoms with van der Waals surface area (Å²) in [5, 5.41) is 12.4. The van der Waals surface area contributed by atoms with Gasteiger partial charge in [-0.25, -0.2) is 13.1 Å². The molecule has 3 aromatic rings. The minimum atomic E-state index is -3.71. The van der Waals surface area contributed by atoms with Gasteiger partial charge in [0, 0.05) is 24.4 Å². The van der Waals surface area contributed by atoms with Crippen molar-refractivity contribution in [2.45, 2.75) is 17.7 Å². The fourth-order valence-electron chi connectivity index (χ4n) is 2.47. The standard InChI is InChI=1S/C19H19ClN4O4S2/c1-28-15-6-8-16(9-7-15)30(26,27)21-11-10-17(25)22-19-24-23-18(29-19)12-13-2-4-14(20)5-3-13/h2-9,21H,10-12H2,1H3,(H,22,24,25). The van der Waals surface area contributed by atoms with Crippen LogP contribution in [0.2, 0.25) is 5.02 Å². The van der Waals surface area contributed by atoms with Gasteiger partial charge >= 0.3 is 0 Å². The Balaban J connectivity index is 1.47. The molecule has 30 heavy (non-hydrogen) atoms. The highest BCUT2D eigenvalue weighted by molar-refractivity contribution is 7.89. The second kappa shape index (κ2) is 9.98. The second-order valence-electron chi connectivity index (χ2n) is 6.18. The number of nitrogens with one attached hydrogen (secondary N) is 2. The van der Waals surface area contributed by atoms with Crippen molar-refractivity contribution in [3.63, 3.8) is 0 Å². The van der Waals surface area contributed by atoms with Crippen molar-refractivity contribution in [2.24, 2.45) is 0 Å². The van der Waals surface area contributed by atoms with Crippen LogP contribution in [0.1, 0.15) is 17.0 Å². The van der Waals surface area contributed by atoms with Gasteiger partial charge < -0.3 is 10.1 Å². The highest BCUT2D eigenvalue weighted by atomic mass is 35.5.